The molecule has 1 amide bonds. The van der Waals surface area contributed by atoms with Crippen molar-refractivity contribution < 1.29 is 9.32 Å². The van der Waals surface area contributed by atoms with E-state index in [1.807, 2.05) is 24.4 Å². The fraction of sp³-hybridized carbons (Fsp3) is 0.154. The number of H-pyrrole nitrogens is 1. The molecular formula is C13H12N4O2S. The lowest BCUT2D eigenvalue weighted by molar-refractivity contribution is 0.0929. The lowest BCUT2D eigenvalue weighted by Gasteiger charge is -2.09. The second-order valence-corrected chi connectivity index (χ2v) is 5.17. The Hall–Kier alpha value is -2.41. The molecule has 0 spiro atoms. The molecule has 3 aromatic heterocycles. The molecule has 3 aromatic rings. The Labute approximate surface area is 118 Å². The molecule has 0 aliphatic heterocycles. The summed E-state index contributed by atoms with van der Waals surface area (Å²) >= 11 is 1.53. The first-order chi connectivity index (χ1) is 9.74. The molecule has 0 radical (unpaired) electrons. The van der Waals surface area contributed by atoms with Crippen molar-refractivity contribution in [1.29, 1.82) is 0 Å². The number of aromatic nitrogens is 3. The molecule has 0 aliphatic carbocycles. The van der Waals surface area contributed by atoms with Gasteiger partial charge in [-0.2, -0.15) is 0 Å². The quantitative estimate of drug-likeness (QED) is 0.773. The molecule has 0 aliphatic rings. The molecule has 0 bridgehead atoms. The third-order valence-corrected chi connectivity index (χ3v) is 3.67. The highest BCUT2D eigenvalue weighted by Crippen LogP contribution is 2.25. The lowest BCUT2D eigenvalue weighted by atomic mass is 10.2. The predicted octanol–water partition coefficient (Wildman–Crippen LogP) is 2.62. The van der Waals surface area contributed by atoms with Gasteiger partial charge >= 0.3 is 0 Å². The summed E-state index contributed by atoms with van der Waals surface area (Å²) in [6.45, 7) is 1.84. The minimum Gasteiger partial charge on any atom is -0.355 e. The summed E-state index contributed by atoms with van der Waals surface area (Å²) in [7, 11) is 0. The summed E-state index contributed by atoms with van der Waals surface area (Å²) in [6, 6.07) is 5.25. The molecule has 3 rings (SSSR count). The highest BCUT2D eigenvalue weighted by Gasteiger charge is 2.17. The third-order valence-electron chi connectivity index (χ3n) is 2.78. The molecule has 0 saturated carbocycles. The van der Waals surface area contributed by atoms with Gasteiger partial charge in [0.05, 0.1) is 10.9 Å². The fourth-order valence-electron chi connectivity index (χ4n) is 1.77. The van der Waals surface area contributed by atoms with Crippen molar-refractivity contribution in [2.45, 2.75) is 13.0 Å². The average Bonchev–Trinajstić information content (AvgIpc) is 3.19. The highest BCUT2D eigenvalue weighted by molar-refractivity contribution is 7.13. The number of carbonyl (C=O) groups is 1. The predicted molar refractivity (Wildman–Crippen MR) is 74.3 cm³/mol. The van der Waals surface area contributed by atoms with E-state index in [0.29, 0.717) is 11.6 Å². The summed E-state index contributed by atoms with van der Waals surface area (Å²) < 4.78 is 5.18. The molecule has 1 atom stereocenters. The molecule has 2 N–H and O–H groups in total. The van der Waals surface area contributed by atoms with Crippen LogP contribution in [0.3, 0.4) is 0 Å². The van der Waals surface area contributed by atoms with Crippen molar-refractivity contribution >= 4 is 17.2 Å². The smallest absolute Gasteiger partial charge is 0.274 e. The van der Waals surface area contributed by atoms with Gasteiger partial charge in [0, 0.05) is 18.5 Å². The maximum atomic E-state index is 12.1. The molecule has 6 nitrogen and oxygen atoms in total. The number of nitrogens with zero attached hydrogens (tertiary/aromatic N) is 2. The summed E-state index contributed by atoms with van der Waals surface area (Å²) in [5, 5.41) is 8.54. The van der Waals surface area contributed by atoms with E-state index in [-0.39, 0.29) is 17.6 Å². The van der Waals surface area contributed by atoms with Gasteiger partial charge in [0.15, 0.2) is 11.5 Å². The largest absolute Gasteiger partial charge is 0.355 e. The van der Waals surface area contributed by atoms with Crippen LogP contribution in [0, 0.1) is 0 Å². The monoisotopic (exact) mass is 288 g/mol. The van der Waals surface area contributed by atoms with Crippen LogP contribution in [0.1, 0.15) is 29.3 Å². The summed E-state index contributed by atoms with van der Waals surface area (Å²) in [6.07, 6.45) is 3.35. The molecular weight excluding hydrogens is 276 g/mol. The van der Waals surface area contributed by atoms with Crippen LogP contribution in [0.5, 0.6) is 0 Å². The Morgan fingerprint density at radius 3 is 3.15 bits per heavy atom. The van der Waals surface area contributed by atoms with Gasteiger partial charge in [0.25, 0.3) is 5.91 Å². The van der Waals surface area contributed by atoms with Crippen LogP contribution in [0.2, 0.25) is 0 Å². The summed E-state index contributed by atoms with van der Waals surface area (Å²) in [5.74, 6) is 0.997. The first-order valence-electron chi connectivity index (χ1n) is 6.05. The van der Waals surface area contributed by atoms with Gasteiger partial charge in [-0.05, 0) is 18.4 Å². The number of nitrogens with one attached hydrogen (secondary N) is 2. The Kier molecular flexibility index (Phi) is 3.34. The van der Waals surface area contributed by atoms with Crippen molar-refractivity contribution in [3.63, 3.8) is 0 Å². The molecule has 102 valence electrons. The molecule has 20 heavy (non-hydrogen) atoms. The van der Waals surface area contributed by atoms with Crippen molar-refractivity contribution in [2.24, 2.45) is 0 Å². The topological polar surface area (TPSA) is 83.8 Å². The molecule has 7 heteroatoms. The highest BCUT2D eigenvalue weighted by atomic mass is 32.1. The van der Waals surface area contributed by atoms with Gasteiger partial charge in [-0.15, -0.1) is 11.3 Å². The van der Waals surface area contributed by atoms with E-state index in [1.165, 1.54) is 11.3 Å². The van der Waals surface area contributed by atoms with Gasteiger partial charge in [-0.25, -0.2) is 4.98 Å². The zero-order valence-electron chi connectivity index (χ0n) is 10.7. The third kappa shape index (κ3) is 2.48. The van der Waals surface area contributed by atoms with Crippen LogP contribution in [-0.4, -0.2) is 21.0 Å². The van der Waals surface area contributed by atoms with Gasteiger partial charge in [0.2, 0.25) is 0 Å². The molecule has 1 unspecified atom stereocenters. The van der Waals surface area contributed by atoms with Gasteiger partial charge < -0.3 is 14.8 Å². The SMILES string of the molecule is CC(NC(=O)c1cc(-c2cccs2)on1)c1ncc[nH]1. The summed E-state index contributed by atoms with van der Waals surface area (Å²) in [4.78, 5) is 20.1. The number of rotatable bonds is 4. The van der Waals surface area contributed by atoms with Crippen molar-refractivity contribution in [3.8, 4) is 10.6 Å². The average molecular weight is 288 g/mol. The maximum Gasteiger partial charge on any atom is 0.274 e. The molecule has 0 aromatic carbocycles. The zero-order chi connectivity index (χ0) is 13.9. The first kappa shape index (κ1) is 12.6. The minimum atomic E-state index is -0.291. The van der Waals surface area contributed by atoms with Crippen LogP contribution in [0.25, 0.3) is 10.6 Å². The first-order valence-corrected chi connectivity index (χ1v) is 6.93. The second kappa shape index (κ2) is 5.30. The number of imidazole rings is 1. The van der Waals surface area contributed by atoms with Gasteiger partial charge in [-0.1, -0.05) is 11.2 Å². The van der Waals surface area contributed by atoms with E-state index >= 15 is 0 Å². The number of amides is 1. The van der Waals surface area contributed by atoms with E-state index in [9.17, 15) is 4.79 Å². The molecule has 0 fully saturated rings. The zero-order valence-corrected chi connectivity index (χ0v) is 11.5. The molecule has 0 saturated heterocycles. The van der Waals surface area contributed by atoms with Crippen LogP contribution >= 0.6 is 11.3 Å². The van der Waals surface area contributed by atoms with Crippen LogP contribution in [0.15, 0.2) is 40.5 Å². The second-order valence-electron chi connectivity index (χ2n) is 4.22. The lowest BCUT2D eigenvalue weighted by Crippen LogP contribution is -2.27. The van der Waals surface area contributed by atoms with E-state index in [4.69, 9.17) is 4.52 Å². The van der Waals surface area contributed by atoms with Crippen LogP contribution in [-0.2, 0) is 0 Å². The van der Waals surface area contributed by atoms with Crippen molar-refractivity contribution in [1.82, 2.24) is 20.4 Å². The Bertz CT molecular complexity index is 688. The summed E-state index contributed by atoms with van der Waals surface area (Å²) in [5.41, 5.74) is 0.256. The van der Waals surface area contributed by atoms with Gasteiger partial charge in [0.1, 0.15) is 5.82 Å². The maximum absolute atomic E-state index is 12.1. The Balaban J connectivity index is 1.72. The van der Waals surface area contributed by atoms with Gasteiger partial charge in [-0.3, -0.25) is 4.79 Å². The van der Waals surface area contributed by atoms with E-state index < -0.39 is 0 Å². The van der Waals surface area contributed by atoms with E-state index in [1.54, 1.807) is 18.5 Å². The van der Waals surface area contributed by atoms with Crippen molar-refractivity contribution in [2.75, 3.05) is 0 Å². The van der Waals surface area contributed by atoms with E-state index in [0.717, 1.165) is 4.88 Å². The number of thiophene rings is 1. The number of hydrogen-bond acceptors (Lipinski definition) is 5. The Morgan fingerprint density at radius 2 is 2.45 bits per heavy atom. The van der Waals surface area contributed by atoms with Crippen LogP contribution in [0.4, 0.5) is 0 Å². The molecule has 3 heterocycles. The normalized spacial score (nSPS) is 12.2. The minimum absolute atomic E-state index is 0.223. The standard InChI is InChI=1S/C13H12N4O2S/c1-8(12-14-4-5-15-12)16-13(18)9-7-10(19-17-9)11-3-2-6-20-11/h2-8H,1H3,(H,14,15)(H,16,18). The number of aromatic amines is 1. The van der Waals surface area contributed by atoms with Crippen LogP contribution < -0.4 is 5.32 Å². The number of hydrogen-bond donors (Lipinski definition) is 2. The number of carbonyl (C=O) groups excluding carboxylic acids is 1. The fourth-order valence-corrected chi connectivity index (χ4v) is 2.44. The van der Waals surface area contributed by atoms with E-state index in [2.05, 4.69) is 20.4 Å². The van der Waals surface area contributed by atoms with Crippen molar-refractivity contribution in [3.05, 3.63) is 47.5 Å². The Morgan fingerprint density at radius 1 is 1.55 bits per heavy atom.